The molecule has 0 fully saturated rings. The van der Waals surface area contributed by atoms with E-state index in [0.29, 0.717) is 0 Å². The highest BCUT2D eigenvalue weighted by molar-refractivity contribution is 7.14. The summed E-state index contributed by atoms with van der Waals surface area (Å²) in [5, 5.41) is 4.33. The number of aryl methyl sites for hydroxylation is 1. The SMILES string of the molecule is c1ccc(N=c2scc(-c3cccs3)n2CCCn2ccnc2)cc1. The number of imidazole rings is 1. The highest BCUT2D eigenvalue weighted by Crippen LogP contribution is 2.25. The first-order valence-corrected chi connectivity index (χ1v) is 9.94. The van der Waals surface area contributed by atoms with Gasteiger partial charge in [-0.1, -0.05) is 24.3 Å². The highest BCUT2D eigenvalue weighted by atomic mass is 32.1. The molecule has 0 atom stereocenters. The fraction of sp³-hybridized carbons (Fsp3) is 0.158. The van der Waals surface area contributed by atoms with Crippen molar-refractivity contribution in [2.45, 2.75) is 19.5 Å². The van der Waals surface area contributed by atoms with Gasteiger partial charge in [-0.05, 0) is 30.0 Å². The summed E-state index contributed by atoms with van der Waals surface area (Å²) in [6.45, 7) is 1.89. The monoisotopic (exact) mass is 366 g/mol. The molecule has 4 nitrogen and oxygen atoms in total. The first kappa shape index (κ1) is 16.1. The summed E-state index contributed by atoms with van der Waals surface area (Å²) in [4.78, 5) is 11.3. The van der Waals surface area contributed by atoms with Gasteiger partial charge < -0.3 is 9.13 Å². The van der Waals surface area contributed by atoms with E-state index in [2.05, 4.69) is 37.0 Å². The summed E-state index contributed by atoms with van der Waals surface area (Å²) in [5.74, 6) is 0. The number of aromatic nitrogens is 3. The van der Waals surface area contributed by atoms with Crippen LogP contribution in [-0.2, 0) is 13.1 Å². The Hall–Kier alpha value is -2.44. The lowest BCUT2D eigenvalue weighted by Gasteiger charge is -2.08. The predicted molar refractivity (Wildman–Crippen MR) is 104 cm³/mol. The van der Waals surface area contributed by atoms with Gasteiger partial charge in [-0.3, -0.25) is 0 Å². The van der Waals surface area contributed by atoms with E-state index >= 15 is 0 Å². The summed E-state index contributed by atoms with van der Waals surface area (Å²) in [6.07, 6.45) is 6.74. The number of para-hydroxylation sites is 1. The van der Waals surface area contributed by atoms with Gasteiger partial charge in [0.15, 0.2) is 4.80 Å². The quantitative estimate of drug-likeness (QED) is 0.483. The molecule has 126 valence electrons. The van der Waals surface area contributed by atoms with Crippen LogP contribution in [-0.4, -0.2) is 14.1 Å². The Morgan fingerprint density at radius 2 is 1.92 bits per heavy atom. The maximum absolute atomic E-state index is 4.85. The molecule has 0 aliphatic carbocycles. The minimum absolute atomic E-state index is 0.931. The summed E-state index contributed by atoms with van der Waals surface area (Å²) < 4.78 is 4.45. The highest BCUT2D eigenvalue weighted by Gasteiger charge is 2.09. The van der Waals surface area contributed by atoms with Gasteiger partial charge in [0, 0.05) is 30.9 Å². The van der Waals surface area contributed by atoms with E-state index in [1.54, 1.807) is 22.7 Å². The van der Waals surface area contributed by atoms with Gasteiger partial charge in [0.1, 0.15) is 0 Å². The molecule has 0 aliphatic rings. The fourth-order valence-corrected chi connectivity index (χ4v) is 4.47. The Kier molecular flexibility index (Phi) is 4.90. The maximum Gasteiger partial charge on any atom is 0.190 e. The van der Waals surface area contributed by atoms with Crippen molar-refractivity contribution in [3.8, 4) is 10.6 Å². The smallest absolute Gasteiger partial charge is 0.190 e. The number of thiophene rings is 1. The average Bonchev–Trinajstić information content (AvgIpc) is 3.38. The van der Waals surface area contributed by atoms with E-state index in [-0.39, 0.29) is 0 Å². The number of rotatable bonds is 6. The Morgan fingerprint density at radius 1 is 1.00 bits per heavy atom. The zero-order valence-corrected chi connectivity index (χ0v) is 15.3. The Labute approximate surface area is 154 Å². The molecule has 0 spiro atoms. The van der Waals surface area contributed by atoms with E-state index in [4.69, 9.17) is 4.99 Å². The Bertz CT molecular complexity index is 964. The molecule has 0 saturated carbocycles. The zero-order valence-electron chi connectivity index (χ0n) is 13.7. The van der Waals surface area contributed by atoms with Crippen molar-refractivity contribution in [2.24, 2.45) is 4.99 Å². The molecule has 0 bridgehead atoms. The van der Waals surface area contributed by atoms with Crippen LogP contribution >= 0.6 is 22.7 Å². The van der Waals surface area contributed by atoms with Gasteiger partial charge in [0.2, 0.25) is 0 Å². The lowest BCUT2D eigenvalue weighted by Crippen LogP contribution is -2.16. The fourth-order valence-electron chi connectivity index (χ4n) is 2.70. The standard InChI is InChI=1S/C19H18N4S2/c1-2-6-16(7-3-1)21-19-23(11-5-10-22-12-9-20-15-22)17(14-25-19)18-8-4-13-24-18/h1-4,6-9,12-15H,5,10-11H2. The average molecular weight is 367 g/mol. The van der Waals surface area contributed by atoms with E-state index in [1.807, 2.05) is 49.1 Å². The van der Waals surface area contributed by atoms with Crippen LogP contribution in [0.1, 0.15) is 6.42 Å². The van der Waals surface area contributed by atoms with Crippen molar-refractivity contribution in [1.29, 1.82) is 0 Å². The molecule has 0 amide bonds. The van der Waals surface area contributed by atoms with Gasteiger partial charge in [-0.15, -0.1) is 22.7 Å². The largest absolute Gasteiger partial charge is 0.337 e. The van der Waals surface area contributed by atoms with Gasteiger partial charge in [-0.2, -0.15) is 0 Å². The summed E-state index contributed by atoms with van der Waals surface area (Å²) >= 11 is 3.47. The van der Waals surface area contributed by atoms with Gasteiger partial charge in [0.25, 0.3) is 0 Å². The molecule has 25 heavy (non-hydrogen) atoms. The van der Waals surface area contributed by atoms with Crippen LogP contribution in [0.15, 0.2) is 76.9 Å². The van der Waals surface area contributed by atoms with Gasteiger partial charge in [-0.25, -0.2) is 9.98 Å². The minimum Gasteiger partial charge on any atom is -0.337 e. The molecule has 3 aromatic heterocycles. The molecular weight excluding hydrogens is 348 g/mol. The van der Waals surface area contributed by atoms with E-state index in [0.717, 1.165) is 30.0 Å². The number of thiazole rings is 1. The van der Waals surface area contributed by atoms with Crippen molar-refractivity contribution in [3.63, 3.8) is 0 Å². The maximum atomic E-state index is 4.85. The number of hydrogen-bond donors (Lipinski definition) is 0. The second-order valence-electron chi connectivity index (χ2n) is 5.63. The Balaban J connectivity index is 1.65. The van der Waals surface area contributed by atoms with E-state index in [9.17, 15) is 0 Å². The number of nitrogens with zero attached hydrogens (tertiary/aromatic N) is 4. The van der Waals surface area contributed by atoms with Crippen molar-refractivity contribution in [3.05, 3.63) is 76.7 Å². The normalized spacial score (nSPS) is 11.9. The lowest BCUT2D eigenvalue weighted by atomic mass is 10.3. The first-order valence-electron chi connectivity index (χ1n) is 8.18. The number of hydrogen-bond acceptors (Lipinski definition) is 4. The summed E-state index contributed by atoms with van der Waals surface area (Å²) in [5.41, 5.74) is 2.24. The molecule has 4 aromatic rings. The third-order valence-electron chi connectivity index (χ3n) is 3.91. The number of benzene rings is 1. The van der Waals surface area contributed by atoms with E-state index < -0.39 is 0 Å². The minimum atomic E-state index is 0.931. The second kappa shape index (κ2) is 7.63. The summed E-state index contributed by atoms with van der Waals surface area (Å²) in [7, 11) is 0. The van der Waals surface area contributed by atoms with Crippen LogP contribution in [0.5, 0.6) is 0 Å². The van der Waals surface area contributed by atoms with Crippen molar-refractivity contribution < 1.29 is 0 Å². The van der Waals surface area contributed by atoms with Crippen molar-refractivity contribution in [2.75, 3.05) is 0 Å². The molecule has 0 aliphatic heterocycles. The van der Waals surface area contributed by atoms with Crippen LogP contribution in [0, 0.1) is 0 Å². The molecular formula is C19H18N4S2. The van der Waals surface area contributed by atoms with Crippen molar-refractivity contribution in [1.82, 2.24) is 14.1 Å². The molecule has 3 heterocycles. The lowest BCUT2D eigenvalue weighted by molar-refractivity contribution is 0.559. The molecule has 0 saturated heterocycles. The summed E-state index contributed by atoms with van der Waals surface area (Å²) in [6, 6.07) is 14.4. The predicted octanol–water partition coefficient (Wildman–Crippen LogP) is 4.80. The van der Waals surface area contributed by atoms with Gasteiger partial charge >= 0.3 is 0 Å². The third-order valence-corrected chi connectivity index (χ3v) is 5.67. The van der Waals surface area contributed by atoms with Crippen LogP contribution in [0.25, 0.3) is 10.6 Å². The molecule has 0 radical (unpaired) electrons. The zero-order chi connectivity index (χ0) is 16.9. The first-order chi connectivity index (χ1) is 12.4. The van der Waals surface area contributed by atoms with Crippen LogP contribution in [0.4, 0.5) is 5.69 Å². The third kappa shape index (κ3) is 3.81. The van der Waals surface area contributed by atoms with Crippen molar-refractivity contribution >= 4 is 28.4 Å². The molecule has 1 aromatic carbocycles. The van der Waals surface area contributed by atoms with Gasteiger partial charge in [0.05, 0.1) is 22.6 Å². The van der Waals surface area contributed by atoms with Crippen LogP contribution in [0.2, 0.25) is 0 Å². The molecule has 6 heteroatoms. The second-order valence-corrected chi connectivity index (χ2v) is 7.42. The molecule has 0 unspecified atom stereocenters. The van der Waals surface area contributed by atoms with Crippen LogP contribution in [0.3, 0.4) is 0 Å². The Morgan fingerprint density at radius 3 is 2.68 bits per heavy atom. The van der Waals surface area contributed by atoms with Crippen LogP contribution < -0.4 is 4.80 Å². The molecule has 4 rings (SSSR count). The topological polar surface area (TPSA) is 35.1 Å². The molecule has 0 N–H and O–H groups in total. The van der Waals surface area contributed by atoms with E-state index in [1.165, 1.54) is 10.6 Å².